The summed E-state index contributed by atoms with van der Waals surface area (Å²) in [5.41, 5.74) is 6.65. The minimum atomic E-state index is 0.355. The van der Waals surface area contributed by atoms with Crippen molar-refractivity contribution in [3.63, 3.8) is 0 Å². The summed E-state index contributed by atoms with van der Waals surface area (Å²) in [6.45, 7) is 3.09. The molecule has 0 atom stereocenters. The highest BCUT2D eigenvalue weighted by Gasteiger charge is 2.23. The molecule has 14 heavy (non-hydrogen) atoms. The van der Waals surface area contributed by atoms with E-state index in [4.69, 9.17) is 5.73 Å². The second-order valence-corrected chi connectivity index (χ2v) is 4.06. The number of hydrogen-bond acceptors (Lipinski definition) is 4. The normalized spacial score (nSPS) is 15.6. The fourth-order valence-electron chi connectivity index (χ4n) is 1.61. The molecule has 1 heterocycles. The van der Waals surface area contributed by atoms with Crippen molar-refractivity contribution in [2.75, 3.05) is 24.2 Å². The highest BCUT2D eigenvalue weighted by atomic mass is 15.2. The zero-order valence-corrected chi connectivity index (χ0v) is 8.70. The van der Waals surface area contributed by atoms with E-state index in [2.05, 4.69) is 21.9 Å². The molecule has 0 spiro atoms. The SMILES string of the molecule is Cc1cnc(N)nc1N(C)CC1CC1. The summed E-state index contributed by atoms with van der Waals surface area (Å²) in [6, 6.07) is 0. The van der Waals surface area contributed by atoms with Gasteiger partial charge in [0, 0.05) is 25.4 Å². The molecule has 0 radical (unpaired) electrons. The molecule has 1 aromatic heterocycles. The Balaban J connectivity index is 2.15. The largest absolute Gasteiger partial charge is 0.368 e. The Labute approximate surface area is 84.2 Å². The second-order valence-electron chi connectivity index (χ2n) is 4.06. The van der Waals surface area contributed by atoms with E-state index >= 15 is 0 Å². The maximum Gasteiger partial charge on any atom is 0.221 e. The number of anilines is 2. The van der Waals surface area contributed by atoms with Crippen LogP contribution >= 0.6 is 0 Å². The third-order valence-corrected chi connectivity index (χ3v) is 2.55. The van der Waals surface area contributed by atoms with Crippen LogP contribution in [0.4, 0.5) is 11.8 Å². The van der Waals surface area contributed by atoms with Gasteiger partial charge in [0.05, 0.1) is 0 Å². The van der Waals surface area contributed by atoms with Crippen LogP contribution in [0.1, 0.15) is 18.4 Å². The molecule has 0 unspecified atom stereocenters. The van der Waals surface area contributed by atoms with E-state index in [1.54, 1.807) is 6.20 Å². The van der Waals surface area contributed by atoms with E-state index in [1.807, 2.05) is 6.92 Å². The quantitative estimate of drug-likeness (QED) is 0.782. The minimum absolute atomic E-state index is 0.355. The summed E-state index contributed by atoms with van der Waals surface area (Å²) in [4.78, 5) is 10.4. The molecular formula is C10H16N4. The van der Waals surface area contributed by atoms with Gasteiger partial charge in [-0.3, -0.25) is 0 Å². The summed E-state index contributed by atoms with van der Waals surface area (Å²) in [5.74, 6) is 2.17. The summed E-state index contributed by atoms with van der Waals surface area (Å²) in [5, 5.41) is 0. The first-order chi connectivity index (χ1) is 6.66. The van der Waals surface area contributed by atoms with Crippen LogP contribution in [0.5, 0.6) is 0 Å². The fraction of sp³-hybridized carbons (Fsp3) is 0.600. The van der Waals surface area contributed by atoms with Gasteiger partial charge >= 0.3 is 0 Å². The molecule has 4 heteroatoms. The third-order valence-electron chi connectivity index (χ3n) is 2.55. The van der Waals surface area contributed by atoms with Crippen molar-refractivity contribution in [3.8, 4) is 0 Å². The summed E-state index contributed by atoms with van der Waals surface area (Å²) in [7, 11) is 2.06. The molecule has 0 amide bonds. The molecule has 0 aromatic carbocycles. The van der Waals surface area contributed by atoms with Gasteiger partial charge in [-0.25, -0.2) is 4.98 Å². The molecule has 1 aromatic rings. The number of nitrogen functional groups attached to an aromatic ring is 1. The molecular weight excluding hydrogens is 176 g/mol. The first-order valence-corrected chi connectivity index (χ1v) is 4.97. The Morgan fingerprint density at radius 3 is 2.93 bits per heavy atom. The van der Waals surface area contributed by atoms with Gasteiger partial charge in [0.1, 0.15) is 5.82 Å². The van der Waals surface area contributed by atoms with E-state index in [0.717, 1.165) is 23.8 Å². The summed E-state index contributed by atoms with van der Waals surface area (Å²) >= 11 is 0. The maximum atomic E-state index is 5.56. The van der Waals surface area contributed by atoms with Gasteiger partial charge in [-0.2, -0.15) is 4.98 Å². The zero-order chi connectivity index (χ0) is 10.1. The highest BCUT2D eigenvalue weighted by Crippen LogP contribution is 2.31. The average Bonchev–Trinajstić information content (AvgIpc) is 2.93. The Kier molecular flexibility index (Phi) is 2.27. The second kappa shape index (κ2) is 3.44. The number of nitrogens with two attached hydrogens (primary N) is 1. The number of aromatic nitrogens is 2. The maximum absolute atomic E-state index is 5.56. The van der Waals surface area contributed by atoms with E-state index < -0.39 is 0 Å². The van der Waals surface area contributed by atoms with Crippen LogP contribution in [0.2, 0.25) is 0 Å². The third kappa shape index (κ3) is 1.95. The zero-order valence-electron chi connectivity index (χ0n) is 8.70. The molecule has 0 aliphatic heterocycles. The molecule has 4 nitrogen and oxygen atoms in total. The van der Waals surface area contributed by atoms with Crippen LogP contribution in [-0.2, 0) is 0 Å². The Morgan fingerprint density at radius 2 is 2.29 bits per heavy atom. The van der Waals surface area contributed by atoms with Crippen molar-refractivity contribution < 1.29 is 0 Å². The number of aryl methyl sites for hydroxylation is 1. The average molecular weight is 192 g/mol. The van der Waals surface area contributed by atoms with E-state index in [-0.39, 0.29) is 0 Å². The van der Waals surface area contributed by atoms with Gasteiger partial charge in [-0.15, -0.1) is 0 Å². The molecule has 1 saturated carbocycles. The Bertz CT molecular complexity index is 333. The number of nitrogens with zero attached hydrogens (tertiary/aromatic N) is 3. The monoisotopic (exact) mass is 192 g/mol. The van der Waals surface area contributed by atoms with Crippen LogP contribution in [0.25, 0.3) is 0 Å². The van der Waals surface area contributed by atoms with Crippen molar-refractivity contribution >= 4 is 11.8 Å². The number of rotatable bonds is 3. The van der Waals surface area contributed by atoms with Crippen LogP contribution in [0.15, 0.2) is 6.20 Å². The molecule has 2 N–H and O–H groups in total. The lowest BCUT2D eigenvalue weighted by molar-refractivity contribution is 0.773. The van der Waals surface area contributed by atoms with E-state index in [9.17, 15) is 0 Å². The minimum Gasteiger partial charge on any atom is -0.368 e. The topological polar surface area (TPSA) is 55.0 Å². The van der Waals surface area contributed by atoms with Gasteiger partial charge in [0.25, 0.3) is 0 Å². The summed E-state index contributed by atoms with van der Waals surface area (Å²) < 4.78 is 0. The molecule has 1 aliphatic carbocycles. The van der Waals surface area contributed by atoms with Crippen LogP contribution in [0, 0.1) is 12.8 Å². The number of hydrogen-bond donors (Lipinski definition) is 1. The molecule has 0 bridgehead atoms. The van der Waals surface area contributed by atoms with Crippen molar-refractivity contribution in [1.29, 1.82) is 0 Å². The molecule has 1 fully saturated rings. The van der Waals surface area contributed by atoms with E-state index in [1.165, 1.54) is 12.8 Å². The van der Waals surface area contributed by atoms with Crippen molar-refractivity contribution in [1.82, 2.24) is 9.97 Å². The highest BCUT2D eigenvalue weighted by molar-refractivity contribution is 5.47. The molecule has 0 saturated heterocycles. The Hall–Kier alpha value is -1.32. The molecule has 2 rings (SSSR count). The van der Waals surface area contributed by atoms with Gasteiger partial charge in [0.15, 0.2) is 0 Å². The van der Waals surface area contributed by atoms with Gasteiger partial charge in [-0.1, -0.05) is 0 Å². The van der Waals surface area contributed by atoms with Crippen molar-refractivity contribution in [2.24, 2.45) is 5.92 Å². The first kappa shape index (κ1) is 9.24. The lowest BCUT2D eigenvalue weighted by Crippen LogP contribution is -2.22. The van der Waals surface area contributed by atoms with Gasteiger partial charge in [-0.05, 0) is 25.7 Å². The first-order valence-electron chi connectivity index (χ1n) is 4.97. The predicted molar refractivity (Wildman–Crippen MR) is 57.2 cm³/mol. The lowest BCUT2D eigenvalue weighted by atomic mass is 10.3. The predicted octanol–water partition coefficient (Wildman–Crippen LogP) is 1.21. The van der Waals surface area contributed by atoms with E-state index in [0.29, 0.717) is 5.95 Å². The van der Waals surface area contributed by atoms with Crippen molar-refractivity contribution in [2.45, 2.75) is 19.8 Å². The summed E-state index contributed by atoms with van der Waals surface area (Å²) in [6.07, 6.45) is 4.48. The Morgan fingerprint density at radius 1 is 1.57 bits per heavy atom. The fourth-order valence-corrected chi connectivity index (χ4v) is 1.61. The van der Waals surface area contributed by atoms with Crippen LogP contribution < -0.4 is 10.6 Å². The van der Waals surface area contributed by atoms with Crippen LogP contribution in [0.3, 0.4) is 0 Å². The van der Waals surface area contributed by atoms with Crippen molar-refractivity contribution in [3.05, 3.63) is 11.8 Å². The standard InChI is InChI=1S/C10H16N4/c1-7-5-12-10(11)13-9(7)14(2)6-8-3-4-8/h5,8H,3-4,6H2,1-2H3,(H2,11,12,13). The molecule has 1 aliphatic rings. The lowest BCUT2D eigenvalue weighted by Gasteiger charge is -2.19. The van der Waals surface area contributed by atoms with Gasteiger partial charge in [0.2, 0.25) is 5.95 Å². The van der Waals surface area contributed by atoms with Crippen LogP contribution in [-0.4, -0.2) is 23.6 Å². The molecule has 76 valence electrons. The van der Waals surface area contributed by atoms with Gasteiger partial charge < -0.3 is 10.6 Å². The smallest absolute Gasteiger partial charge is 0.221 e.